The van der Waals surface area contributed by atoms with Gasteiger partial charge in [0.2, 0.25) is 0 Å². The Morgan fingerprint density at radius 2 is 1.53 bits per heavy atom. The molecule has 3 amide bonds. The molecule has 4 N–H and O–H groups in total. The molecule has 16 radical (unpaired) electrons. The monoisotopic (exact) mass is 560 g/mol. The van der Waals surface area contributed by atoms with Crippen molar-refractivity contribution in [1.82, 2.24) is 15.1 Å². The average molecular weight is 559 g/mol. The van der Waals surface area contributed by atoms with Crippen LogP contribution in [0.25, 0.3) is 0 Å². The normalized spacial score (nSPS) is 27.9. The smallest absolute Gasteiger partial charge is 0.254 e. The van der Waals surface area contributed by atoms with Gasteiger partial charge in [0.25, 0.3) is 17.7 Å². The lowest BCUT2D eigenvalue weighted by molar-refractivity contribution is -0.168. The number of hydrogen-bond acceptors (Lipinski definition) is 8. The maximum atomic E-state index is 13.6. The Kier molecular flexibility index (Phi) is 7.65. The van der Waals surface area contributed by atoms with E-state index in [0.717, 1.165) is 0 Å². The first kappa shape index (κ1) is 31.6. The Balaban J connectivity index is 1.50. The number of nitrogens with one attached hydrogen (secondary N) is 2. The molecule has 0 aromatic heterocycles. The minimum Gasteiger partial charge on any atom is -0.395 e. The van der Waals surface area contributed by atoms with Gasteiger partial charge in [0.1, 0.15) is 27.2 Å². The average Bonchev–Trinajstić information content (AvgIpc) is 3.14. The van der Waals surface area contributed by atoms with Crippen molar-refractivity contribution in [1.29, 1.82) is 0 Å². The van der Waals surface area contributed by atoms with Crippen LogP contribution in [0.15, 0.2) is 42.5 Å². The van der Waals surface area contributed by atoms with Crippen molar-refractivity contribution in [3.05, 3.63) is 64.7 Å². The summed E-state index contributed by atoms with van der Waals surface area (Å²) in [4.78, 5) is 41.0. The van der Waals surface area contributed by atoms with Crippen LogP contribution in [0.3, 0.4) is 0 Å². The highest BCUT2D eigenvalue weighted by atomic mass is 16.5. The molecule has 200 valence electrons. The molecule has 3 atom stereocenters. The molecule has 0 saturated carbocycles. The van der Waals surface area contributed by atoms with E-state index >= 15 is 0 Å². The SMILES string of the molecule is [B]C([B])(Nc1cccc2c1C([B])([B])N(C1C(=O)NC(=O)C([B])(O)C1([B])O)C2=O)c1cccc(C([B])([B])N2CCOCC2)c1. The summed E-state index contributed by atoms with van der Waals surface area (Å²) in [6.45, 7) is 1.95. The van der Waals surface area contributed by atoms with Crippen LogP contribution in [0.2, 0.25) is 0 Å². The topological polar surface area (TPSA) is 131 Å². The van der Waals surface area contributed by atoms with E-state index in [1.165, 1.54) is 18.2 Å². The number of nitrogens with zero attached hydrogens (tertiary/aromatic N) is 2. The van der Waals surface area contributed by atoms with E-state index in [-0.39, 0.29) is 16.8 Å². The van der Waals surface area contributed by atoms with E-state index in [4.69, 9.17) is 67.5 Å². The summed E-state index contributed by atoms with van der Waals surface area (Å²) < 4.78 is 5.39. The van der Waals surface area contributed by atoms with Crippen LogP contribution in [0.1, 0.15) is 27.0 Å². The number of ether oxygens (including phenoxy) is 1. The number of hydrogen-bond donors (Lipinski definition) is 4. The first-order valence-electron chi connectivity index (χ1n) is 13.2. The number of aliphatic hydroxyl groups is 2. The molecule has 3 heterocycles. The third kappa shape index (κ3) is 4.90. The zero-order valence-electron chi connectivity index (χ0n) is 23.0. The second-order valence-electron chi connectivity index (χ2n) is 11.0. The Bertz CT molecular complexity index is 1500. The van der Waals surface area contributed by atoms with Gasteiger partial charge in [-0.3, -0.25) is 19.7 Å². The number of benzene rings is 2. The van der Waals surface area contributed by atoms with E-state index in [2.05, 4.69) is 5.32 Å². The van der Waals surface area contributed by atoms with E-state index in [0.29, 0.717) is 42.3 Å². The molecule has 10 nitrogen and oxygen atoms in total. The van der Waals surface area contributed by atoms with Crippen molar-refractivity contribution in [2.75, 3.05) is 31.6 Å². The number of imide groups is 1. The molecule has 2 aromatic carbocycles. The van der Waals surface area contributed by atoms with Crippen LogP contribution < -0.4 is 10.6 Å². The van der Waals surface area contributed by atoms with Crippen molar-refractivity contribution < 1.29 is 29.3 Å². The van der Waals surface area contributed by atoms with Gasteiger partial charge >= 0.3 is 0 Å². The molecule has 43 heavy (non-hydrogen) atoms. The van der Waals surface area contributed by atoms with Crippen molar-refractivity contribution in [3.8, 4) is 0 Å². The van der Waals surface area contributed by atoms with Crippen LogP contribution in [0.4, 0.5) is 5.69 Å². The molecular weight excluding hydrogens is 539 g/mol. The predicted octanol–water partition coefficient (Wildman–Crippen LogP) is -4.33. The molecule has 0 aliphatic carbocycles. The number of rotatable bonds is 6. The number of amides is 3. The van der Waals surface area contributed by atoms with Gasteiger partial charge in [-0.2, -0.15) is 0 Å². The molecule has 3 aliphatic rings. The van der Waals surface area contributed by atoms with Crippen molar-refractivity contribution in [2.24, 2.45) is 0 Å². The molecule has 3 aliphatic heterocycles. The van der Waals surface area contributed by atoms with Gasteiger partial charge in [-0.25, -0.2) is 0 Å². The van der Waals surface area contributed by atoms with Gasteiger partial charge in [0, 0.05) is 24.3 Å². The van der Waals surface area contributed by atoms with Gasteiger partial charge in [-0.05, 0) is 44.8 Å². The van der Waals surface area contributed by atoms with Gasteiger partial charge in [0.05, 0.1) is 65.8 Å². The third-order valence-electron chi connectivity index (χ3n) is 8.11. The fraction of sp³-hybridized carbons (Fsp3) is 0.400. The minimum absolute atomic E-state index is 0.0737. The molecule has 2 aromatic rings. The zero-order chi connectivity index (χ0) is 31.8. The molecule has 0 bridgehead atoms. The van der Waals surface area contributed by atoms with Crippen LogP contribution >= 0.6 is 0 Å². The Morgan fingerprint density at radius 3 is 2.19 bits per heavy atom. The van der Waals surface area contributed by atoms with E-state index < -0.39 is 50.8 Å². The summed E-state index contributed by atoms with van der Waals surface area (Å²) in [6, 6.07) is 8.74. The lowest BCUT2D eigenvalue weighted by Gasteiger charge is -2.53. The second kappa shape index (κ2) is 10.4. The van der Waals surface area contributed by atoms with Gasteiger partial charge in [-0.1, -0.05) is 30.3 Å². The van der Waals surface area contributed by atoms with Crippen LogP contribution in [-0.2, 0) is 30.3 Å². The molecular formula is C25H20B8N4O6. The zero-order valence-corrected chi connectivity index (χ0v) is 23.0. The van der Waals surface area contributed by atoms with Crippen LogP contribution in [0.5, 0.6) is 0 Å². The summed E-state index contributed by atoms with van der Waals surface area (Å²) in [5, 5.41) is 20.5. The highest BCUT2D eigenvalue weighted by Crippen LogP contribution is 2.45. The van der Waals surface area contributed by atoms with Crippen molar-refractivity contribution >= 4 is 86.2 Å². The minimum atomic E-state index is -3.20. The quantitative estimate of drug-likeness (QED) is 0.207. The number of piperidine rings is 1. The van der Waals surface area contributed by atoms with Crippen molar-refractivity contribution in [2.45, 2.75) is 33.1 Å². The van der Waals surface area contributed by atoms with Crippen LogP contribution in [0, 0.1) is 0 Å². The Hall–Kier alpha value is -2.79. The predicted molar refractivity (Wildman–Crippen MR) is 163 cm³/mol. The van der Waals surface area contributed by atoms with Crippen LogP contribution in [-0.4, -0.2) is 144 Å². The number of anilines is 1. The highest BCUT2D eigenvalue weighted by molar-refractivity contribution is 6.45. The Labute approximate surface area is 259 Å². The first-order chi connectivity index (χ1) is 19.8. The molecule has 5 rings (SSSR count). The van der Waals surface area contributed by atoms with E-state index in [1.807, 2.05) is 4.90 Å². The molecule has 2 saturated heterocycles. The fourth-order valence-corrected chi connectivity index (χ4v) is 5.63. The fourth-order valence-electron chi connectivity index (χ4n) is 5.63. The number of morpholine rings is 1. The Morgan fingerprint density at radius 1 is 0.930 bits per heavy atom. The number of carbonyl (C=O) groups is 3. The van der Waals surface area contributed by atoms with E-state index in [1.54, 1.807) is 29.6 Å². The molecule has 2 fully saturated rings. The summed E-state index contributed by atoms with van der Waals surface area (Å²) >= 11 is 0. The van der Waals surface area contributed by atoms with E-state index in [9.17, 15) is 24.6 Å². The molecule has 18 heteroatoms. The largest absolute Gasteiger partial charge is 0.395 e. The highest BCUT2D eigenvalue weighted by Gasteiger charge is 2.63. The second-order valence-corrected chi connectivity index (χ2v) is 11.0. The summed E-state index contributed by atoms with van der Waals surface area (Å²) in [5.74, 6) is -3.74. The first-order valence-corrected chi connectivity index (χ1v) is 13.2. The van der Waals surface area contributed by atoms with Gasteiger partial charge in [-0.15, -0.1) is 0 Å². The van der Waals surface area contributed by atoms with Crippen molar-refractivity contribution in [3.63, 3.8) is 0 Å². The van der Waals surface area contributed by atoms with Gasteiger partial charge in [0.15, 0.2) is 0 Å². The number of fused-ring (bicyclic) bond motifs is 1. The third-order valence-corrected chi connectivity index (χ3v) is 8.11. The lowest BCUT2D eigenvalue weighted by atomic mass is 9.51. The summed E-state index contributed by atoms with van der Waals surface area (Å²) in [6.07, 6.45) is 0. The summed E-state index contributed by atoms with van der Waals surface area (Å²) in [7, 11) is 50.3. The number of carbonyl (C=O) groups excluding carboxylic acids is 3. The van der Waals surface area contributed by atoms with Gasteiger partial charge < -0.3 is 30.1 Å². The summed E-state index contributed by atoms with van der Waals surface area (Å²) in [5.41, 5.74) is -5.68. The lowest BCUT2D eigenvalue weighted by Crippen LogP contribution is -2.81. The maximum Gasteiger partial charge on any atom is 0.254 e. The maximum absolute atomic E-state index is 13.6. The standard InChI is InChI=1S/C25H20B8N4O6/c26-21(41)17(18(38)34-20(40)22(21,27)42)37-19(39)14-5-2-6-15(16(14)25(37,32)33)35-23(28,29)12-3-1-4-13(11-12)24(30,31)36-7-9-43-10-8-36/h1-6,11,17,35,41-42H,7-10H2,(H,34,38,40). The molecule has 3 unspecified atom stereocenters. The molecule has 0 spiro atoms.